The topological polar surface area (TPSA) is 55.4 Å². The van der Waals surface area contributed by atoms with Crippen LogP contribution in [0.15, 0.2) is 42.5 Å². The maximum absolute atomic E-state index is 13.7. The van der Waals surface area contributed by atoms with Crippen LogP contribution in [0.1, 0.15) is 92.6 Å². The van der Waals surface area contributed by atoms with Gasteiger partial charge in [0.1, 0.15) is 0 Å². The van der Waals surface area contributed by atoms with Crippen molar-refractivity contribution in [1.29, 1.82) is 0 Å². The van der Waals surface area contributed by atoms with Crippen LogP contribution in [0, 0.1) is 18.8 Å². The summed E-state index contributed by atoms with van der Waals surface area (Å²) in [5, 5.41) is 3.91. The maximum atomic E-state index is 13.7. The Morgan fingerprint density at radius 2 is 1.82 bits per heavy atom. The van der Waals surface area contributed by atoms with E-state index in [-0.39, 0.29) is 24.1 Å². The van der Waals surface area contributed by atoms with Crippen molar-refractivity contribution in [3.63, 3.8) is 0 Å². The second-order valence-electron chi connectivity index (χ2n) is 11.3. The molecule has 2 aromatic rings. The van der Waals surface area contributed by atoms with Gasteiger partial charge in [-0.05, 0) is 91.7 Å². The second kappa shape index (κ2) is 16.9. The summed E-state index contributed by atoms with van der Waals surface area (Å²) >= 11 is 1.67. The first-order chi connectivity index (χ1) is 19.0. The average molecular weight is 552 g/mol. The van der Waals surface area contributed by atoms with Crippen molar-refractivity contribution in [3.8, 4) is 11.1 Å². The van der Waals surface area contributed by atoms with Crippen LogP contribution < -0.4 is 5.32 Å². The van der Waals surface area contributed by atoms with Gasteiger partial charge in [-0.2, -0.15) is 11.8 Å². The molecule has 1 aliphatic rings. The number of ketones is 1. The highest BCUT2D eigenvalue weighted by Gasteiger charge is 2.24. The van der Waals surface area contributed by atoms with Crippen molar-refractivity contribution in [3.05, 3.63) is 59.2 Å². The summed E-state index contributed by atoms with van der Waals surface area (Å²) in [4.78, 5) is 25.6. The number of hydrogen-bond acceptors (Lipinski definition) is 5. The van der Waals surface area contributed by atoms with E-state index >= 15 is 0 Å². The Hall–Kier alpha value is -2.11. The molecule has 0 radical (unpaired) electrons. The van der Waals surface area contributed by atoms with Gasteiger partial charge in [0.25, 0.3) is 0 Å². The van der Waals surface area contributed by atoms with Crippen LogP contribution in [0.3, 0.4) is 0 Å². The molecule has 5 heteroatoms. The molecule has 3 rings (SSSR count). The molecule has 0 bridgehead atoms. The molecular weight excluding hydrogens is 502 g/mol. The summed E-state index contributed by atoms with van der Waals surface area (Å²) in [6, 6.07) is 15.3. The Morgan fingerprint density at radius 3 is 2.51 bits per heavy atom. The van der Waals surface area contributed by atoms with Crippen molar-refractivity contribution in [1.82, 2.24) is 5.32 Å². The van der Waals surface area contributed by atoms with E-state index in [2.05, 4.69) is 43.4 Å². The van der Waals surface area contributed by atoms with Crippen LogP contribution >= 0.6 is 11.8 Å². The zero-order chi connectivity index (χ0) is 28.0. The molecule has 0 saturated heterocycles. The fraction of sp³-hybridized carbons (Fsp3) is 0.588. The van der Waals surface area contributed by atoms with Crippen LogP contribution in [0.2, 0.25) is 0 Å². The largest absolute Gasteiger partial charge is 0.469 e. The van der Waals surface area contributed by atoms with Gasteiger partial charge in [0, 0.05) is 24.4 Å². The van der Waals surface area contributed by atoms with Gasteiger partial charge >= 0.3 is 5.97 Å². The van der Waals surface area contributed by atoms with E-state index in [4.69, 9.17) is 4.74 Å². The molecule has 4 nitrogen and oxygen atoms in total. The normalized spacial score (nSPS) is 15.6. The first-order valence-corrected chi connectivity index (χ1v) is 16.4. The van der Waals surface area contributed by atoms with Crippen molar-refractivity contribution in [2.24, 2.45) is 11.8 Å². The smallest absolute Gasteiger partial charge is 0.305 e. The number of carbonyl (C=O) groups excluding carboxylic acids is 2. The first kappa shape index (κ1) is 31.4. The molecule has 2 unspecified atom stereocenters. The SMILES string of the molecule is CCCCNC(CCc1ccc(C(=O)CC(CSC)CC(=O)OC)c(-c2ccccc2C)c1)C1CCCCC1. The van der Waals surface area contributed by atoms with Gasteiger partial charge in [-0.15, -0.1) is 0 Å². The zero-order valence-electron chi connectivity index (χ0n) is 24.6. The summed E-state index contributed by atoms with van der Waals surface area (Å²) in [6.07, 6.45) is 14.0. The van der Waals surface area contributed by atoms with E-state index in [1.165, 1.54) is 63.2 Å². The Morgan fingerprint density at radius 1 is 1.05 bits per heavy atom. The van der Waals surface area contributed by atoms with E-state index in [0.29, 0.717) is 12.5 Å². The lowest BCUT2D eigenvalue weighted by atomic mass is 9.81. The molecule has 1 saturated carbocycles. The molecule has 2 atom stereocenters. The number of carbonyl (C=O) groups is 2. The van der Waals surface area contributed by atoms with E-state index in [1.54, 1.807) is 11.8 Å². The molecule has 0 amide bonds. The van der Waals surface area contributed by atoms with E-state index in [9.17, 15) is 9.59 Å². The standard InChI is InChI=1S/C34H49NO3S/c1-5-6-20-35-32(28-13-8-7-9-14-28)19-17-26-16-18-30(31(21-26)29-15-11-10-12-25(29)2)33(36)22-27(24-39-4)23-34(37)38-3/h10-12,15-16,18,21,27-28,32,35H,5-9,13-14,17,19-20,22-24H2,1-4H3. The van der Waals surface area contributed by atoms with Gasteiger partial charge in [0.05, 0.1) is 7.11 Å². The third-order valence-electron chi connectivity index (χ3n) is 8.28. The monoisotopic (exact) mass is 551 g/mol. The van der Waals surface area contributed by atoms with Gasteiger partial charge < -0.3 is 10.1 Å². The molecule has 1 fully saturated rings. The maximum Gasteiger partial charge on any atom is 0.305 e. The predicted molar refractivity (Wildman–Crippen MR) is 166 cm³/mol. The summed E-state index contributed by atoms with van der Waals surface area (Å²) < 4.78 is 4.89. The number of ether oxygens (including phenoxy) is 1. The minimum Gasteiger partial charge on any atom is -0.469 e. The highest BCUT2D eigenvalue weighted by atomic mass is 32.2. The number of benzene rings is 2. The van der Waals surface area contributed by atoms with Gasteiger partial charge in [0.15, 0.2) is 5.78 Å². The molecule has 1 aliphatic carbocycles. The predicted octanol–water partition coefficient (Wildman–Crippen LogP) is 8.05. The number of rotatable bonds is 16. The van der Waals surface area contributed by atoms with Crippen LogP contribution in [0.4, 0.5) is 0 Å². The number of aryl methyl sites for hydroxylation is 2. The number of unbranched alkanes of at least 4 members (excludes halogenated alkanes) is 1. The number of Topliss-reactive ketones (excluding diaryl/α,β-unsaturated/α-hetero) is 1. The van der Waals surface area contributed by atoms with Crippen LogP contribution in [0.25, 0.3) is 11.1 Å². The third kappa shape index (κ3) is 9.79. The van der Waals surface area contributed by atoms with Crippen molar-refractivity contribution in [2.45, 2.75) is 90.5 Å². The van der Waals surface area contributed by atoms with Crippen LogP contribution in [-0.2, 0) is 16.0 Å². The fourth-order valence-electron chi connectivity index (χ4n) is 6.03. The first-order valence-electron chi connectivity index (χ1n) is 15.0. The summed E-state index contributed by atoms with van der Waals surface area (Å²) in [6.45, 7) is 5.47. The molecule has 0 heterocycles. The van der Waals surface area contributed by atoms with Gasteiger partial charge in [-0.25, -0.2) is 0 Å². The van der Waals surface area contributed by atoms with Gasteiger partial charge in [-0.3, -0.25) is 9.59 Å². The molecule has 1 N–H and O–H groups in total. The number of thioether (sulfide) groups is 1. The summed E-state index contributed by atoms with van der Waals surface area (Å²) in [5.74, 6) is 1.34. The number of nitrogens with one attached hydrogen (secondary N) is 1. The van der Waals surface area contributed by atoms with E-state index in [1.807, 2.05) is 24.5 Å². The Labute approximate surface area is 241 Å². The van der Waals surface area contributed by atoms with Crippen molar-refractivity contribution < 1.29 is 14.3 Å². The molecule has 0 aromatic heterocycles. The second-order valence-corrected chi connectivity index (χ2v) is 12.2. The minimum atomic E-state index is -0.253. The fourth-order valence-corrected chi connectivity index (χ4v) is 6.74. The molecule has 0 spiro atoms. The highest BCUT2D eigenvalue weighted by Crippen LogP contribution is 2.32. The van der Waals surface area contributed by atoms with E-state index < -0.39 is 0 Å². The number of hydrogen-bond donors (Lipinski definition) is 1. The average Bonchev–Trinajstić information content (AvgIpc) is 2.95. The molecule has 39 heavy (non-hydrogen) atoms. The summed E-state index contributed by atoms with van der Waals surface area (Å²) in [7, 11) is 1.41. The zero-order valence-corrected chi connectivity index (χ0v) is 25.4. The van der Waals surface area contributed by atoms with Crippen LogP contribution in [-0.4, -0.2) is 43.5 Å². The lowest BCUT2D eigenvalue weighted by Crippen LogP contribution is -2.38. The molecule has 214 valence electrons. The lowest BCUT2D eigenvalue weighted by Gasteiger charge is -2.31. The Kier molecular flexibility index (Phi) is 13.6. The Bertz CT molecular complexity index is 1050. The molecule has 0 aliphatic heterocycles. The Balaban J connectivity index is 1.84. The summed E-state index contributed by atoms with van der Waals surface area (Å²) in [5.41, 5.74) is 5.35. The van der Waals surface area contributed by atoms with Crippen LogP contribution in [0.5, 0.6) is 0 Å². The van der Waals surface area contributed by atoms with E-state index in [0.717, 1.165) is 47.7 Å². The molecular formula is C34H49NO3S. The number of esters is 1. The van der Waals surface area contributed by atoms with Gasteiger partial charge in [0.2, 0.25) is 0 Å². The third-order valence-corrected chi connectivity index (χ3v) is 9.08. The van der Waals surface area contributed by atoms with Gasteiger partial charge in [-0.1, -0.05) is 75.1 Å². The number of methoxy groups -OCH3 is 1. The van der Waals surface area contributed by atoms with Crippen molar-refractivity contribution >= 4 is 23.5 Å². The van der Waals surface area contributed by atoms with Crippen molar-refractivity contribution in [2.75, 3.05) is 25.7 Å². The minimum absolute atomic E-state index is 0.0326. The lowest BCUT2D eigenvalue weighted by molar-refractivity contribution is -0.141. The molecule has 2 aromatic carbocycles. The quantitative estimate of drug-likeness (QED) is 0.130. The highest BCUT2D eigenvalue weighted by molar-refractivity contribution is 7.98.